The van der Waals surface area contributed by atoms with E-state index in [0.717, 1.165) is 51.1 Å². The largest absolute Gasteiger partial charge is 0.492 e. The maximum atomic E-state index is 8.82. The van der Waals surface area contributed by atoms with Crippen LogP contribution in [0.4, 0.5) is 0 Å². The summed E-state index contributed by atoms with van der Waals surface area (Å²) < 4.78 is 5.94. The normalized spacial score (nSPS) is 17.7. The maximum Gasteiger partial charge on any atom is 0.119 e. The number of benzene rings is 1. The summed E-state index contributed by atoms with van der Waals surface area (Å²) >= 11 is 0. The SMILES string of the molecule is CC.CNC1CCCN(CCOc2cccc(CCCCCO)c2)C1. The van der Waals surface area contributed by atoms with E-state index in [0.29, 0.717) is 12.6 Å². The van der Waals surface area contributed by atoms with Crippen LogP contribution in [0, 0.1) is 0 Å². The van der Waals surface area contributed by atoms with Crippen molar-refractivity contribution in [2.45, 2.75) is 58.4 Å². The van der Waals surface area contributed by atoms with Crippen molar-refractivity contribution >= 4 is 0 Å². The van der Waals surface area contributed by atoms with Crippen LogP contribution in [-0.4, -0.2) is 55.9 Å². The Labute approximate surface area is 154 Å². The van der Waals surface area contributed by atoms with E-state index in [1.54, 1.807) is 0 Å². The lowest BCUT2D eigenvalue weighted by molar-refractivity contribution is 0.162. The molecule has 1 aliphatic rings. The van der Waals surface area contributed by atoms with E-state index < -0.39 is 0 Å². The van der Waals surface area contributed by atoms with E-state index in [-0.39, 0.29) is 0 Å². The van der Waals surface area contributed by atoms with Gasteiger partial charge < -0.3 is 15.2 Å². The summed E-state index contributed by atoms with van der Waals surface area (Å²) in [5.41, 5.74) is 1.33. The topological polar surface area (TPSA) is 44.7 Å². The van der Waals surface area contributed by atoms with Crippen LogP contribution in [0.3, 0.4) is 0 Å². The highest BCUT2D eigenvalue weighted by molar-refractivity contribution is 5.28. The van der Waals surface area contributed by atoms with Crippen LogP contribution >= 0.6 is 0 Å². The van der Waals surface area contributed by atoms with Crippen LogP contribution in [0.15, 0.2) is 24.3 Å². The second-order valence-corrected chi connectivity index (χ2v) is 6.46. The highest BCUT2D eigenvalue weighted by Gasteiger charge is 2.17. The summed E-state index contributed by atoms with van der Waals surface area (Å²) in [6.07, 6.45) is 6.74. The van der Waals surface area contributed by atoms with Crippen LogP contribution in [0.1, 0.15) is 51.5 Å². The van der Waals surface area contributed by atoms with E-state index in [9.17, 15) is 0 Å². The fourth-order valence-electron chi connectivity index (χ4n) is 3.20. The van der Waals surface area contributed by atoms with Crippen molar-refractivity contribution in [2.75, 3.05) is 39.9 Å². The number of ether oxygens (including phenoxy) is 1. The van der Waals surface area contributed by atoms with Crippen LogP contribution in [0.2, 0.25) is 0 Å². The van der Waals surface area contributed by atoms with Crippen LogP contribution in [0.25, 0.3) is 0 Å². The lowest BCUT2D eigenvalue weighted by atomic mass is 10.1. The Morgan fingerprint density at radius 3 is 2.84 bits per heavy atom. The van der Waals surface area contributed by atoms with Crippen molar-refractivity contribution in [1.82, 2.24) is 10.2 Å². The zero-order valence-electron chi connectivity index (χ0n) is 16.5. The van der Waals surface area contributed by atoms with Crippen molar-refractivity contribution in [3.8, 4) is 5.75 Å². The molecule has 0 amide bonds. The van der Waals surface area contributed by atoms with Crippen molar-refractivity contribution in [3.05, 3.63) is 29.8 Å². The van der Waals surface area contributed by atoms with Gasteiger partial charge in [0.05, 0.1) is 0 Å². The van der Waals surface area contributed by atoms with Gasteiger partial charge in [-0.1, -0.05) is 32.4 Å². The Kier molecular flexibility index (Phi) is 12.4. The second kappa shape index (κ2) is 14.1. The molecule has 2 rings (SSSR count). The first kappa shape index (κ1) is 21.9. The number of hydrogen-bond acceptors (Lipinski definition) is 4. The molecule has 1 aromatic rings. The first-order chi connectivity index (χ1) is 12.3. The number of nitrogens with zero attached hydrogens (tertiary/aromatic N) is 1. The molecule has 1 atom stereocenters. The highest BCUT2D eigenvalue weighted by Crippen LogP contribution is 2.16. The average Bonchev–Trinajstić information content (AvgIpc) is 2.67. The number of nitrogens with one attached hydrogen (secondary N) is 1. The second-order valence-electron chi connectivity index (χ2n) is 6.46. The first-order valence-corrected chi connectivity index (χ1v) is 10.0. The molecule has 0 saturated carbocycles. The summed E-state index contributed by atoms with van der Waals surface area (Å²) in [6.45, 7) is 8.37. The maximum absolute atomic E-state index is 8.82. The molecule has 1 fully saturated rings. The molecule has 25 heavy (non-hydrogen) atoms. The van der Waals surface area contributed by atoms with Gasteiger partial charge in [0.1, 0.15) is 12.4 Å². The number of likely N-dealkylation sites (N-methyl/N-ethyl adjacent to an activating group) is 1. The average molecular weight is 351 g/mol. The Hall–Kier alpha value is -1.10. The quantitative estimate of drug-likeness (QED) is 0.634. The zero-order valence-corrected chi connectivity index (χ0v) is 16.5. The smallest absolute Gasteiger partial charge is 0.119 e. The van der Waals surface area contributed by atoms with Gasteiger partial charge in [-0.25, -0.2) is 0 Å². The van der Waals surface area contributed by atoms with Crippen molar-refractivity contribution in [3.63, 3.8) is 0 Å². The molecule has 0 aliphatic carbocycles. The van der Waals surface area contributed by atoms with Gasteiger partial charge in [-0.05, 0) is 63.4 Å². The van der Waals surface area contributed by atoms with Crippen LogP contribution in [0.5, 0.6) is 5.75 Å². The number of aliphatic hydroxyl groups excluding tert-OH is 1. The molecule has 2 N–H and O–H groups in total. The molecular weight excluding hydrogens is 312 g/mol. The molecule has 0 radical (unpaired) electrons. The third kappa shape index (κ3) is 9.24. The Bertz CT molecular complexity index is 440. The molecule has 1 aromatic carbocycles. The van der Waals surface area contributed by atoms with Gasteiger partial charge in [0, 0.05) is 25.7 Å². The van der Waals surface area contributed by atoms with E-state index >= 15 is 0 Å². The minimum absolute atomic E-state index is 0.300. The third-order valence-electron chi connectivity index (χ3n) is 4.61. The lowest BCUT2D eigenvalue weighted by Gasteiger charge is -2.32. The summed E-state index contributed by atoms with van der Waals surface area (Å²) in [5, 5.41) is 12.2. The summed E-state index contributed by atoms with van der Waals surface area (Å²) in [7, 11) is 2.05. The molecule has 0 spiro atoms. The van der Waals surface area contributed by atoms with Crippen molar-refractivity contribution < 1.29 is 9.84 Å². The van der Waals surface area contributed by atoms with Gasteiger partial charge in [-0.2, -0.15) is 0 Å². The molecule has 0 aromatic heterocycles. The fourth-order valence-corrected chi connectivity index (χ4v) is 3.20. The standard InChI is InChI=1S/C19H32N2O2.C2H6/c1-20-18-9-6-11-21(16-18)12-14-23-19-10-5-8-17(15-19)7-3-2-4-13-22;1-2/h5,8,10,15,18,20,22H,2-4,6-7,9,11-14,16H2,1H3;1-2H3. The molecule has 144 valence electrons. The van der Waals surface area contributed by atoms with Gasteiger partial charge in [0.2, 0.25) is 0 Å². The first-order valence-electron chi connectivity index (χ1n) is 10.0. The predicted molar refractivity (Wildman–Crippen MR) is 106 cm³/mol. The van der Waals surface area contributed by atoms with Gasteiger partial charge in [0.15, 0.2) is 0 Å². The van der Waals surface area contributed by atoms with Gasteiger partial charge in [-0.3, -0.25) is 4.90 Å². The molecule has 4 heteroatoms. The molecule has 1 aliphatic heterocycles. The zero-order chi connectivity index (χ0) is 18.3. The Balaban J connectivity index is 0.00000151. The number of hydrogen-bond donors (Lipinski definition) is 2. The summed E-state index contributed by atoms with van der Waals surface area (Å²) in [6, 6.07) is 9.07. The van der Waals surface area contributed by atoms with Gasteiger partial charge in [0.25, 0.3) is 0 Å². The minimum atomic E-state index is 0.300. The third-order valence-corrected chi connectivity index (χ3v) is 4.61. The molecule has 4 nitrogen and oxygen atoms in total. The number of unbranched alkanes of at least 4 members (excludes halogenated alkanes) is 2. The van der Waals surface area contributed by atoms with E-state index in [2.05, 4.69) is 35.5 Å². The lowest BCUT2D eigenvalue weighted by Crippen LogP contribution is -2.45. The van der Waals surface area contributed by atoms with E-state index in [1.165, 1.54) is 24.9 Å². The number of likely N-dealkylation sites (tertiary alicyclic amines) is 1. The Morgan fingerprint density at radius 2 is 2.08 bits per heavy atom. The molecular formula is C21H38N2O2. The van der Waals surface area contributed by atoms with Crippen molar-refractivity contribution in [2.24, 2.45) is 0 Å². The predicted octanol–water partition coefficient (Wildman–Crippen LogP) is 3.48. The van der Waals surface area contributed by atoms with Gasteiger partial charge in [-0.15, -0.1) is 0 Å². The Morgan fingerprint density at radius 1 is 1.24 bits per heavy atom. The van der Waals surface area contributed by atoms with Gasteiger partial charge >= 0.3 is 0 Å². The molecule has 1 heterocycles. The minimum Gasteiger partial charge on any atom is -0.492 e. The van der Waals surface area contributed by atoms with Crippen LogP contribution in [-0.2, 0) is 6.42 Å². The number of piperidine rings is 1. The fraction of sp³-hybridized carbons (Fsp3) is 0.714. The molecule has 1 unspecified atom stereocenters. The van der Waals surface area contributed by atoms with E-state index in [1.807, 2.05) is 19.9 Å². The number of aliphatic hydroxyl groups is 1. The molecule has 1 saturated heterocycles. The highest BCUT2D eigenvalue weighted by atomic mass is 16.5. The van der Waals surface area contributed by atoms with Crippen LogP contribution < -0.4 is 10.1 Å². The number of rotatable bonds is 10. The number of aryl methyl sites for hydroxylation is 1. The van der Waals surface area contributed by atoms with E-state index in [4.69, 9.17) is 9.84 Å². The summed E-state index contributed by atoms with van der Waals surface area (Å²) in [5.74, 6) is 0.979. The van der Waals surface area contributed by atoms with Crippen molar-refractivity contribution in [1.29, 1.82) is 0 Å². The summed E-state index contributed by atoms with van der Waals surface area (Å²) in [4.78, 5) is 2.49. The monoisotopic (exact) mass is 350 g/mol. The molecule has 0 bridgehead atoms.